The molecule has 0 amide bonds. The Morgan fingerprint density at radius 3 is 1.88 bits per heavy atom. The zero-order valence-electron chi connectivity index (χ0n) is 14.8. The fraction of sp³-hybridized carbons (Fsp3) is 0.429. The minimum atomic E-state index is -0.362. The second-order valence-electron chi connectivity index (χ2n) is 7.30. The summed E-state index contributed by atoms with van der Waals surface area (Å²) in [6, 6.07) is 12.8. The van der Waals surface area contributed by atoms with E-state index in [1.54, 1.807) is 0 Å². The van der Waals surface area contributed by atoms with Gasteiger partial charge < -0.3 is 14.6 Å². The highest BCUT2D eigenvalue weighted by molar-refractivity contribution is 9.10. The number of likely N-dealkylation sites (tertiary alicyclic amines) is 1. The number of hydrogen-bond acceptors (Lipinski definition) is 2. The Bertz CT molecular complexity index is 854. The second kappa shape index (κ2) is 8.01. The quantitative estimate of drug-likeness (QED) is 0.530. The van der Waals surface area contributed by atoms with Crippen molar-refractivity contribution >= 4 is 53.7 Å². The first-order valence-corrected chi connectivity index (χ1v) is 11.0. The minimum absolute atomic E-state index is 0.362. The maximum absolute atomic E-state index is 10.8. The van der Waals surface area contributed by atoms with Gasteiger partial charge in [-0.25, -0.2) is 0 Å². The molecular formula is C21H24Br2N2O. The third kappa shape index (κ3) is 3.86. The van der Waals surface area contributed by atoms with Crippen LogP contribution >= 0.6 is 31.9 Å². The second-order valence-corrected chi connectivity index (χ2v) is 9.13. The van der Waals surface area contributed by atoms with Crippen LogP contribution in [0.15, 0.2) is 45.3 Å². The predicted molar refractivity (Wildman–Crippen MR) is 116 cm³/mol. The van der Waals surface area contributed by atoms with Gasteiger partial charge in [-0.2, -0.15) is 0 Å². The van der Waals surface area contributed by atoms with E-state index in [0.29, 0.717) is 6.54 Å². The molecular weight excluding hydrogens is 456 g/mol. The Balaban J connectivity index is 1.66. The van der Waals surface area contributed by atoms with Crippen LogP contribution in [-0.4, -0.2) is 40.3 Å². The summed E-state index contributed by atoms with van der Waals surface area (Å²) in [6.45, 7) is 3.61. The monoisotopic (exact) mass is 478 g/mol. The summed E-state index contributed by atoms with van der Waals surface area (Å²) in [5, 5.41) is 13.3. The van der Waals surface area contributed by atoms with E-state index in [1.807, 2.05) is 0 Å². The molecule has 1 saturated heterocycles. The van der Waals surface area contributed by atoms with Gasteiger partial charge in [-0.15, -0.1) is 0 Å². The molecule has 1 aromatic heterocycles. The first kappa shape index (κ1) is 18.5. The number of aliphatic hydroxyl groups excluding tert-OH is 1. The van der Waals surface area contributed by atoms with Crippen molar-refractivity contribution in [2.75, 3.05) is 19.6 Å². The number of hydrogen-bond donors (Lipinski definition) is 1. The molecule has 1 unspecified atom stereocenters. The average molecular weight is 480 g/mol. The van der Waals surface area contributed by atoms with Gasteiger partial charge in [0.1, 0.15) is 0 Å². The summed E-state index contributed by atoms with van der Waals surface area (Å²) >= 11 is 7.19. The smallest absolute Gasteiger partial charge is 0.0845 e. The van der Waals surface area contributed by atoms with Crippen LogP contribution in [-0.2, 0) is 6.54 Å². The molecule has 3 nitrogen and oxygen atoms in total. The van der Waals surface area contributed by atoms with Crippen LogP contribution in [0.25, 0.3) is 21.8 Å². The molecule has 138 valence electrons. The summed E-state index contributed by atoms with van der Waals surface area (Å²) in [6.07, 6.45) is 4.79. The third-order valence-electron chi connectivity index (χ3n) is 5.35. The standard InChI is InChI=1S/C21H24Br2N2O/c22-15-5-7-20-18(11-15)19-12-16(23)6-8-21(19)25(20)14-17(26)13-24-9-3-1-2-4-10-24/h5-8,11-12,17,26H,1-4,9-10,13-14H2. The lowest BCUT2D eigenvalue weighted by Gasteiger charge is -2.24. The Hall–Kier alpha value is -0.880. The lowest BCUT2D eigenvalue weighted by molar-refractivity contribution is 0.102. The minimum Gasteiger partial charge on any atom is -0.390 e. The number of rotatable bonds is 4. The number of aromatic nitrogens is 1. The SMILES string of the molecule is OC(CN1CCCCCC1)Cn1c2ccc(Br)cc2c2cc(Br)ccc21. The number of halogens is 2. The van der Waals surface area contributed by atoms with E-state index < -0.39 is 0 Å². The van der Waals surface area contributed by atoms with Crippen molar-refractivity contribution in [3.63, 3.8) is 0 Å². The van der Waals surface area contributed by atoms with Gasteiger partial charge in [0, 0.05) is 37.3 Å². The molecule has 0 spiro atoms. The Kier molecular flexibility index (Phi) is 5.69. The van der Waals surface area contributed by atoms with Gasteiger partial charge in [-0.3, -0.25) is 0 Å². The third-order valence-corrected chi connectivity index (χ3v) is 6.34. The first-order chi connectivity index (χ1) is 12.6. The molecule has 0 bridgehead atoms. The summed E-state index contributed by atoms with van der Waals surface area (Å²) in [5.41, 5.74) is 2.35. The molecule has 5 heteroatoms. The van der Waals surface area contributed by atoms with Crippen molar-refractivity contribution in [1.29, 1.82) is 0 Å². The molecule has 26 heavy (non-hydrogen) atoms. The predicted octanol–water partition coefficient (Wildman–Crippen LogP) is 5.56. The molecule has 0 radical (unpaired) electrons. The zero-order chi connectivity index (χ0) is 18.1. The molecule has 1 aliphatic heterocycles. The maximum Gasteiger partial charge on any atom is 0.0845 e. The van der Waals surface area contributed by atoms with Gasteiger partial charge >= 0.3 is 0 Å². The van der Waals surface area contributed by atoms with E-state index in [1.165, 1.54) is 47.5 Å². The highest BCUT2D eigenvalue weighted by Gasteiger charge is 2.17. The van der Waals surface area contributed by atoms with Crippen LogP contribution in [0.5, 0.6) is 0 Å². The van der Waals surface area contributed by atoms with Crippen molar-refractivity contribution in [2.24, 2.45) is 0 Å². The molecule has 1 fully saturated rings. The van der Waals surface area contributed by atoms with Gasteiger partial charge in [0.05, 0.1) is 12.6 Å². The Morgan fingerprint density at radius 2 is 1.35 bits per heavy atom. The lowest BCUT2D eigenvalue weighted by atomic mass is 10.2. The fourth-order valence-corrected chi connectivity index (χ4v) is 4.85. The molecule has 1 aliphatic rings. The summed E-state index contributed by atoms with van der Waals surface area (Å²) in [5.74, 6) is 0. The number of fused-ring (bicyclic) bond motifs is 3. The molecule has 2 aromatic carbocycles. The van der Waals surface area contributed by atoms with Crippen LogP contribution in [0.2, 0.25) is 0 Å². The largest absolute Gasteiger partial charge is 0.390 e. The van der Waals surface area contributed by atoms with Gasteiger partial charge in [0.15, 0.2) is 0 Å². The van der Waals surface area contributed by atoms with E-state index in [9.17, 15) is 5.11 Å². The van der Waals surface area contributed by atoms with Gasteiger partial charge in [-0.05, 0) is 62.3 Å². The first-order valence-electron chi connectivity index (χ1n) is 9.39. The highest BCUT2D eigenvalue weighted by Crippen LogP contribution is 2.33. The van der Waals surface area contributed by atoms with Crippen LogP contribution in [0, 0.1) is 0 Å². The summed E-state index contributed by atoms with van der Waals surface area (Å²) in [4.78, 5) is 2.43. The lowest BCUT2D eigenvalue weighted by Crippen LogP contribution is -2.35. The van der Waals surface area contributed by atoms with Gasteiger partial charge in [0.25, 0.3) is 0 Å². The van der Waals surface area contributed by atoms with Crippen molar-refractivity contribution in [2.45, 2.75) is 38.3 Å². The van der Waals surface area contributed by atoms with Crippen LogP contribution in [0.1, 0.15) is 25.7 Å². The van der Waals surface area contributed by atoms with E-state index in [0.717, 1.165) is 28.6 Å². The zero-order valence-corrected chi connectivity index (χ0v) is 18.0. The normalized spacial score (nSPS) is 17.7. The van der Waals surface area contributed by atoms with Crippen LogP contribution < -0.4 is 0 Å². The Morgan fingerprint density at radius 1 is 0.808 bits per heavy atom. The van der Waals surface area contributed by atoms with E-state index >= 15 is 0 Å². The van der Waals surface area contributed by atoms with Crippen molar-refractivity contribution in [3.05, 3.63) is 45.3 Å². The van der Waals surface area contributed by atoms with Crippen LogP contribution in [0.3, 0.4) is 0 Å². The van der Waals surface area contributed by atoms with E-state index in [4.69, 9.17) is 0 Å². The average Bonchev–Trinajstić information content (AvgIpc) is 2.77. The van der Waals surface area contributed by atoms with Crippen molar-refractivity contribution in [3.8, 4) is 0 Å². The van der Waals surface area contributed by atoms with E-state index in [-0.39, 0.29) is 6.10 Å². The molecule has 1 atom stereocenters. The molecule has 3 aromatic rings. The molecule has 2 heterocycles. The summed E-state index contributed by atoms with van der Waals surface area (Å²) in [7, 11) is 0. The van der Waals surface area contributed by atoms with E-state index in [2.05, 4.69) is 77.7 Å². The molecule has 0 saturated carbocycles. The van der Waals surface area contributed by atoms with Crippen LogP contribution in [0.4, 0.5) is 0 Å². The van der Waals surface area contributed by atoms with Gasteiger partial charge in [0.2, 0.25) is 0 Å². The van der Waals surface area contributed by atoms with Crippen molar-refractivity contribution in [1.82, 2.24) is 9.47 Å². The van der Waals surface area contributed by atoms with Crippen molar-refractivity contribution < 1.29 is 5.11 Å². The number of benzene rings is 2. The molecule has 0 aliphatic carbocycles. The van der Waals surface area contributed by atoms with Gasteiger partial charge in [-0.1, -0.05) is 44.7 Å². The molecule has 4 rings (SSSR count). The molecule has 1 N–H and O–H groups in total. The number of nitrogens with zero attached hydrogens (tertiary/aromatic N) is 2. The Labute approximate surface area is 171 Å². The highest BCUT2D eigenvalue weighted by atomic mass is 79.9. The maximum atomic E-state index is 10.8. The fourth-order valence-electron chi connectivity index (χ4n) is 4.13. The topological polar surface area (TPSA) is 28.4 Å². The number of aliphatic hydroxyl groups is 1. The summed E-state index contributed by atoms with van der Waals surface area (Å²) < 4.78 is 4.43. The number of β-amino-alcohol motifs (C(OH)–C–C–N with tert-alkyl or cyclic N) is 1.